The smallest absolute Gasteiger partial charge is 0.283 e. The van der Waals surface area contributed by atoms with Crippen LogP contribution in [-0.4, -0.2) is 33.2 Å². The van der Waals surface area contributed by atoms with Gasteiger partial charge in [0.1, 0.15) is 12.2 Å². The van der Waals surface area contributed by atoms with Gasteiger partial charge in [-0.1, -0.05) is 6.92 Å². The Bertz CT molecular complexity index is 616. The molecule has 0 aliphatic rings. The van der Waals surface area contributed by atoms with Crippen molar-refractivity contribution < 1.29 is 8.42 Å². The summed E-state index contributed by atoms with van der Waals surface area (Å²) in [5.74, 6) is 0.729. The van der Waals surface area contributed by atoms with Gasteiger partial charge in [-0.25, -0.2) is 14.8 Å². The molecule has 0 aromatic carbocycles. The van der Waals surface area contributed by atoms with Crippen molar-refractivity contribution in [1.29, 1.82) is 0 Å². The largest absolute Gasteiger partial charge is 0.334 e. The summed E-state index contributed by atoms with van der Waals surface area (Å²) in [6.45, 7) is 4.51. The number of nitrogens with zero attached hydrogens (tertiary/aromatic N) is 4. The first-order chi connectivity index (χ1) is 8.53. The Kier molecular flexibility index (Phi) is 3.32. The first-order valence-electron chi connectivity index (χ1n) is 5.45. The van der Waals surface area contributed by atoms with E-state index in [2.05, 4.69) is 24.9 Å². The van der Waals surface area contributed by atoms with Gasteiger partial charge in [0, 0.05) is 12.7 Å². The van der Waals surface area contributed by atoms with Crippen LogP contribution in [0.1, 0.15) is 19.2 Å². The van der Waals surface area contributed by atoms with Crippen LogP contribution in [0.5, 0.6) is 0 Å². The zero-order valence-corrected chi connectivity index (χ0v) is 10.9. The van der Waals surface area contributed by atoms with E-state index < -0.39 is 10.0 Å². The van der Waals surface area contributed by atoms with Crippen molar-refractivity contribution in [3.8, 4) is 0 Å². The Labute approximate surface area is 105 Å². The van der Waals surface area contributed by atoms with Crippen molar-refractivity contribution >= 4 is 16.0 Å². The summed E-state index contributed by atoms with van der Waals surface area (Å²) in [5.41, 5.74) is 0. The lowest BCUT2D eigenvalue weighted by atomic mass is 10.5. The highest BCUT2D eigenvalue weighted by atomic mass is 32.2. The second-order valence-corrected chi connectivity index (χ2v) is 5.39. The molecule has 0 bridgehead atoms. The molecule has 0 saturated heterocycles. The van der Waals surface area contributed by atoms with Crippen molar-refractivity contribution in [2.45, 2.75) is 31.8 Å². The molecule has 0 saturated carbocycles. The lowest BCUT2D eigenvalue weighted by molar-refractivity contribution is 0.597. The van der Waals surface area contributed by atoms with Crippen molar-refractivity contribution in [3.05, 3.63) is 18.3 Å². The number of aromatic nitrogens is 5. The molecule has 2 N–H and O–H groups in total. The van der Waals surface area contributed by atoms with Gasteiger partial charge in [-0.2, -0.15) is 18.5 Å². The lowest BCUT2D eigenvalue weighted by Gasteiger charge is -2.01. The molecule has 2 aromatic rings. The fourth-order valence-corrected chi connectivity index (χ4v) is 2.49. The van der Waals surface area contributed by atoms with Gasteiger partial charge in [0.2, 0.25) is 5.95 Å². The van der Waals surface area contributed by atoms with Crippen LogP contribution in [0.3, 0.4) is 0 Å². The van der Waals surface area contributed by atoms with E-state index in [9.17, 15) is 8.42 Å². The number of nitrogens with one attached hydrogen (secondary N) is 2. The molecule has 8 nitrogen and oxygen atoms in total. The van der Waals surface area contributed by atoms with Crippen LogP contribution in [0, 0.1) is 6.92 Å². The van der Waals surface area contributed by atoms with Gasteiger partial charge in [0.05, 0.1) is 0 Å². The van der Waals surface area contributed by atoms with Crippen LogP contribution in [-0.2, 0) is 16.6 Å². The van der Waals surface area contributed by atoms with Crippen LogP contribution < -0.4 is 4.72 Å². The number of hydrogen-bond acceptors (Lipinski definition) is 5. The first-order valence-corrected chi connectivity index (χ1v) is 6.93. The first kappa shape index (κ1) is 12.6. The molecule has 0 spiro atoms. The van der Waals surface area contributed by atoms with E-state index in [1.807, 2.05) is 6.92 Å². The number of rotatable bonds is 5. The molecule has 18 heavy (non-hydrogen) atoms. The van der Waals surface area contributed by atoms with E-state index in [1.165, 1.54) is 12.5 Å². The second kappa shape index (κ2) is 4.77. The highest BCUT2D eigenvalue weighted by Gasteiger charge is 2.20. The molecule has 0 unspecified atom stereocenters. The molecule has 2 rings (SSSR count). The normalized spacial score (nSPS) is 11.7. The summed E-state index contributed by atoms with van der Waals surface area (Å²) in [4.78, 5) is 7.73. The van der Waals surface area contributed by atoms with E-state index in [0.717, 1.165) is 13.0 Å². The Morgan fingerprint density at radius 1 is 1.50 bits per heavy atom. The minimum Gasteiger partial charge on any atom is -0.334 e. The maximum absolute atomic E-state index is 12.0. The second-order valence-electron chi connectivity index (χ2n) is 3.76. The zero-order chi connectivity index (χ0) is 13.2. The number of hydrogen-bond donors (Lipinski definition) is 2. The number of aryl methyl sites for hydroxylation is 2. The molecule has 0 aliphatic carbocycles. The number of sulfonamides is 1. The highest BCUT2D eigenvalue weighted by Crippen LogP contribution is 2.12. The van der Waals surface area contributed by atoms with E-state index in [1.54, 1.807) is 11.5 Å². The summed E-state index contributed by atoms with van der Waals surface area (Å²) in [6.07, 6.45) is 3.64. The minimum atomic E-state index is -3.72. The van der Waals surface area contributed by atoms with Gasteiger partial charge in [-0.05, 0) is 13.3 Å². The fraction of sp³-hybridized carbons (Fsp3) is 0.444. The third-order valence-corrected chi connectivity index (χ3v) is 3.55. The van der Waals surface area contributed by atoms with Crippen LogP contribution in [0.2, 0.25) is 0 Å². The molecule has 9 heteroatoms. The molecule has 98 valence electrons. The minimum absolute atomic E-state index is 0.0233. The fourth-order valence-electron chi connectivity index (χ4n) is 1.51. The summed E-state index contributed by atoms with van der Waals surface area (Å²) in [7, 11) is -3.72. The SMILES string of the molecule is CCCn1cc(S(=O)(=O)Nc2ncn[nH]2)nc1C. The predicted octanol–water partition coefficient (Wildman–Crippen LogP) is 0.520. The summed E-state index contributed by atoms with van der Waals surface area (Å²) < 4.78 is 28.1. The molecular weight excluding hydrogens is 256 g/mol. The Morgan fingerprint density at radius 2 is 2.28 bits per heavy atom. The highest BCUT2D eigenvalue weighted by molar-refractivity contribution is 7.92. The molecule has 0 radical (unpaired) electrons. The van der Waals surface area contributed by atoms with Gasteiger partial charge in [0.15, 0.2) is 5.03 Å². The van der Waals surface area contributed by atoms with Crippen LogP contribution >= 0.6 is 0 Å². The average molecular weight is 270 g/mol. The van der Waals surface area contributed by atoms with Gasteiger partial charge in [0.25, 0.3) is 10.0 Å². The maximum Gasteiger partial charge on any atom is 0.283 e. The molecule has 0 amide bonds. The third-order valence-electron chi connectivity index (χ3n) is 2.34. The van der Waals surface area contributed by atoms with Crippen molar-refractivity contribution in [3.63, 3.8) is 0 Å². The summed E-state index contributed by atoms with van der Waals surface area (Å²) in [6, 6.07) is 0. The standard InChI is InChI=1S/C9H14N6O2S/c1-3-4-15-5-8(12-7(15)2)18(16,17)14-9-10-6-11-13-9/h5-6H,3-4H2,1-2H3,(H2,10,11,13,14). The van der Waals surface area contributed by atoms with E-state index in [0.29, 0.717) is 5.82 Å². The number of anilines is 1. The quantitative estimate of drug-likeness (QED) is 0.824. The molecule has 0 aliphatic heterocycles. The van der Waals surface area contributed by atoms with Gasteiger partial charge < -0.3 is 4.57 Å². The lowest BCUT2D eigenvalue weighted by Crippen LogP contribution is -2.14. The van der Waals surface area contributed by atoms with E-state index in [4.69, 9.17) is 0 Å². The molecule has 2 aromatic heterocycles. The number of H-pyrrole nitrogens is 1. The van der Waals surface area contributed by atoms with Crippen molar-refractivity contribution in [1.82, 2.24) is 24.7 Å². The molecule has 0 fully saturated rings. The summed E-state index contributed by atoms with van der Waals surface area (Å²) >= 11 is 0. The molecular formula is C9H14N6O2S. The van der Waals surface area contributed by atoms with Crippen LogP contribution in [0.25, 0.3) is 0 Å². The van der Waals surface area contributed by atoms with Gasteiger partial charge in [-0.15, -0.1) is 0 Å². The van der Waals surface area contributed by atoms with Crippen molar-refractivity contribution in [2.75, 3.05) is 4.72 Å². The molecule has 0 atom stereocenters. The monoisotopic (exact) mass is 270 g/mol. The third kappa shape index (κ3) is 2.50. The van der Waals surface area contributed by atoms with E-state index >= 15 is 0 Å². The van der Waals surface area contributed by atoms with Crippen molar-refractivity contribution in [2.24, 2.45) is 0 Å². The Balaban J connectivity index is 2.27. The van der Waals surface area contributed by atoms with Crippen LogP contribution in [0.4, 0.5) is 5.95 Å². The Morgan fingerprint density at radius 3 is 2.89 bits per heavy atom. The molecule has 2 heterocycles. The summed E-state index contributed by atoms with van der Waals surface area (Å²) in [5, 5.41) is 5.96. The maximum atomic E-state index is 12.0. The van der Waals surface area contributed by atoms with E-state index in [-0.39, 0.29) is 11.0 Å². The van der Waals surface area contributed by atoms with Gasteiger partial charge in [-0.3, -0.25) is 0 Å². The topological polar surface area (TPSA) is 106 Å². The Hall–Kier alpha value is -1.90. The zero-order valence-electron chi connectivity index (χ0n) is 10.1. The number of aromatic amines is 1. The predicted molar refractivity (Wildman–Crippen MR) is 64.4 cm³/mol. The van der Waals surface area contributed by atoms with Gasteiger partial charge >= 0.3 is 0 Å². The average Bonchev–Trinajstić information content (AvgIpc) is 2.90. The van der Waals surface area contributed by atoms with Crippen LogP contribution in [0.15, 0.2) is 17.6 Å². The number of imidazole rings is 1.